The van der Waals surface area contributed by atoms with Crippen LogP contribution in [0.5, 0.6) is 0 Å². The third kappa shape index (κ3) is 1.89. The van der Waals surface area contributed by atoms with Gasteiger partial charge >= 0.3 is 0 Å². The van der Waals surface area contributed by atoms with Gasteiger partial charge in [0.05, 0.1) is 0 Å². The number of hydrogen-bond acceptors (Lipinski definition) is 0. The van der Waals surface area contributed by atoms with Crippen molar-refractivity contribution in [2.45, 2.75) is 0 Å². The van der Waals surface area contributed by atoms with Gasteiger partial charge in [-0.2, -0.15) is 0 Å². The van der Waals surface area contributed by atoms with Crippen molar-refractivity contribution in [3.63, 3.8) is 0 Å². The molecular formula is C17H13Cl. The van der Waals surface area contributed by atoms with Gasteiger partial charge in [0.15, 0.2) is 0 Å². The van der Waals surface area contributed by atoms with Crippen LogP contribution in [0.4, 0.5) is 0 Å². The average Bonchev–Trinajstić information content (AvgIpc) is 2.45. The van der Waals surface area contributed by atoms with Crippen LogP contribution in [0.3, 0.4) is 0 Å². The van der Waals surface area contributed by atoms with Gasteiger partial charge in [-0.15, -0.1) is 11.6 Å². The summed E-state index contributed by atoms with van der Waals surface area (Å²) < 4.78 is 0. The molecule has 0 atom stereocenters. The third-order valence-electron chi connectivity index (χ3n) is 3.19. The Bertz CT molecular complexity index is 726. The maximum atomic E-state index is 5.73. The van der Waals surface area contributed by atoms with E-state index in [0.29, 0.717) is 5.88 Å². The van der Waals surface area contributed by atoms with Crippen LogP contribution in [0.2, 0.25) is 0 Å². The predicted octanol–water partition coefficient (Wildman–Crippen LogP) is 5.25. The van der Waals surface area contributed by atoms with E-state index < -0.39 is 0 Å². The molecular weight excluding hydrogens is 240 g/mol. The Balaban J connectivity index is 2.42. The molecule has 3 aromatic carbocycles. The minimum Gasteiger partial charge on any atom is -0.122 e. The third-order valence-corrected chi connectivity index (χ3v) is 3.36. The molecule has 0 saturated carbocycles. The van der Waals surface area contributed by atoms with E-state index >= 15 is 0 Å². The Hall–Kier alpha value is -1.79. The van der Waals surface area contributed by atoms with Gasteiger partial charge in [0.2, 0.25) is 0 Å². The highest BCUT2D eigenvalue weighted by Gasteiger charge is 2.03. The van der Waals surface area contributed by atoms with Crippen molar-refractivity contribution in [1.29, 1.82) is 0 Å². The SMILES string of the molecule is ClC/C=C/c1cc2ccccc2c2ccccc12. The highest BCUT2D eigenvalue weighted by Crippen LogP contribution is 2.29. The van der Waals surface area contributed by atoms with E-state index in [1.165, 1.54) is 27.1 Å². The van der Waals surface area contributed by atoms with Crippen LogP contribution < -0.4 is 0 Å². The molecule has 18 heavy (non-hydrogen) atoms. The van der Waals surface area contributed by atoms with E-state index in [2.05, 4.69) is 60.7 Å². The second-order valence-corrected chi connectivity index (χ2v) is 4.60. The molecule has 0 aliphatic rings. The summed E-state index contributed by atoms with van der Waals surface area (Å²) in [6.45, 7) is 0. The molecule has 0 aromatic heterocycles. The number of alkyl halides is 1. The van der Waals surface area contributed by atoms with E-state index in [9.17, 15) is 0 Å². The number of allylic oxidation sites excluding steroid dienone is 1. The zero-order valence-corrected chi connectivity index (χ0v) is 10.7. The molecule has 0 amide bonds. The van der Waals surface area contributed by atoms with Crippen LogP contribution in [0.1, 0.15) is 5.56 Å². The van der Waals surface area contributed by atoms with Gasteiger partial charge in [0, 0.05) is 5.88 Å². The Kier molecular flexibility index (Phi) is 3.04. The molecule has 0 spiro atoms. The van der Waals surface area contributed by atoms with Crippen molar-refractivity contribution in [2.75, 3.05) is 5.88 Å². The maximum Gasteiger partial charge on any atom is 0.0407 e. The molecule has 0 N–H and O–H groups in total. The fourth-order valence-electron chi connectivity index (χ4n) is 2.39. The van der Waals surface area contributed by atoms with E-state index in [1.807, 2.05) is 6.08 Å². The van der Waals surface area contributed by atoms with Gasteiger partial charge in [-0.1, -0.05) is 60.7 Å². The molecule has 0 nitrogen and oxygen atoms in total. The number of halogens is 1. The lowest BCUT2D eigenvalue weighted by Gasteiger charge is -2.07. The molecule has 0 aliphatic heterocycles. The number of hydrogen-bond donors (Lipinski definition) is 0. The van der Waals surface area contributed by atoms with E-state index in [-0.39, 0.29) is 0 Å². The Morgan fingerprint density at radius 1 is 0.833 bits per heavy atom. The van der Waals surface area contributed by atoms with E-state index in [1.54, 1.807) is 0 Å². The molecule has 0 bridgehead atoms. The van der Waals surface area contributed by atoms with Crippen molar-refractivity contribution < 1.29 is 0 Å². The quantitative estimate of drug-likeness (QED) is 0.432. The predicted molar refractivity (Wildman–Crippen MR) is 81.2 cm³/mol. The zero-order chi connectivity index (χ0) is 12.4. The lowest BCUT2D eigenvalue weighted by atomic mass is 9.97. The summed E-state index contributed by atoms with van der Waals surface area (Å²) in [7, 11) is 0. The molecule has 0 saturated heterocycles. The fraction of sp³-hybridized carbons (Fsp3) is 0.0588. The van der Waals surface area contributed by atoms with Crippen molar-refractivity contribution in [3.05, 3.63) is 66.2 Å². The van der Waals surface area contributed by atoms with Gasteiger partial charge < -0.3 is 0 Å². The maximum absolute atomic E-state index is 5.73. The first kappa shape index (κ1) is 11.3. The molecule has 0 fully saturated rings. The van der Waals surface area contributed by atoms with E-state index in [0.717, 1.165) is 0 Å². The lowest BCUT2D eigenvalue weighted by molar-refractivity contribution is 1.72. The number of benzene rings is 3. The first-order valence-corrected chi connectivity index (χ1v) is 6.56. The normalized spacial score (nSPS) is 11.6. The summed E-state index contributed by atoms with van der Waals surface area (Å²) in [6.07, 6.45) is 4.08. The van der Waals surface area contributed by atoms with Crippen molar-refractivity contribution in [3.8, 4) is 0 Å². The summed E-state index contributed by atoms with van der Waals surface area (Å²) >= 11 is 5.73. The van der Waals surface area contributed by atoms with Crippen LogP contribution in [-0.2, 0) is 0 Å². The van der Waals surface area contributed by atoms with Crippen molar-refractivity contribution >= 4 is 39.2 Å². The summed E-state index contributed by atoms with van der Waals surface area (Å²) in [4.78, 5) is 0. The highest BCUT2D eigenvalue weighted by atomic mass is 35.5. The molecule has 0 aliphatic carbocycles. The van der Waals surface area contributed by atoms with Crippen molar-refractivity contribution in [2.24, 2.45) is 0 Å². The van der Waals surface area contributed by atoms with Crippen LogP contribution in [-0.4, -0.2) is 5.88 Å². The second-order valence-electron chi connectivity index (χ2n) is 4.29. The smallest absolute Gasteiger partial charge is 0.0407 e. The van der Waals surface area contributed by atoms with Gasteiger partial charge in [0.1, 0.15) is 0 Å². The highest BCUT2D eigenvalue weighted by molar-refractivity contribution is 6.19. The number of fused-ring (bicyclic) bond motifs is 3. The molecule has 3 aromatic rings. The molecule has 0 radical (unpaired) electrons. The monoisotopic (exact) mass is 252 g/mol. The molecule has 1 heteroatoms. The number of rotatable bonds is 2. The Morgan fingerprint density at radius 2 is 1.50 bits per heavy atom. The van der Waals surface area contributed by atoms with Gasteiger partial charge in [-0.25, -0.2) is 0 Å². The van der Waals surface area contributed by atoms with Gasteiger partial charge in [0.25, 0.3) is 0 Å². The molecule has 3 rings (SSSR count). The van der Waals surface area contributed by atoms with Crippen LogP contribution in [0, 0.1) is 0 Å². The van der Waals surface area contributed by atoms with Gasteiger partial charge in [-0.3, -0.25) is 0 Å². The Labute approximate surface area is 112 Å². The van der Waals surface area contributed by atoms with Crippen LogP contribution in [0.15, 0.2) is 60.7 Å². The second kappa shape index (κ2) is 4.83. The van der Waals surface area contributed by atoms with Crippen molar-refractivity contribution in [1.82, 2.24) is 0 Å². The lowest BCUT2D eigenvalue weighted by Crippen LogP contribution is -1.82. The Morgan fingerprint density at radius 3 is 2.28 bits per heavy atom. The zero-order valence-electron chi connectivity index (χ0n) is 9.94. The molecule has 88 valence electrons. The minimum atomic E-state index is 0.543. The van der Waals surface area contributed by atoms with Crippen LogP contribution >= 0.6 is 11.6 Å². The first-order valence-electron chi connectivity index (χ1n) is 6.03. The fourth-order valence-corrected chi connectivity index (χ4v) is 2.48. The van der Waals surface area contributed by atoms with E-state index in [4.69, 9.17) is 11.6 Å². The molecule has 0 heterocycles. The summed E-state index contributed by atoms with van der Waals surface area (Å²) in [5.41, 5.74) is 1.23. The average molecular weight is 253 g/mol. The van der Waals surface area contributed by atoms with Gasteiger partial charge in [-0.05, 0) is 33.2 Å². The summed E-state index contributed by atoms with van der Waals surface area (Å²) in [5.74, 6) is 0.543. The largest absolute Gasteiger partial charge is 0.122 e. The first-order chi connectivity index (χ1) is 8.90. The summed E-state index contributed by atoms with van der Waals surface area (Å²) in [5, 5.41) is 5.14. The summed E-state index contributed by atoms with van der Waals surface area (Å²) in [6, 6.07) is 19.2. The molecule has 0 unspecified atom stereocenters. The van der Waals surface area contributed by atoms with Crippen LogP contribution in [0.25, 0.3) is 27.6 Å². The topological polar surface area (TPSA) is 0 Å². The minimum absolute atomic E-state index is 0.543. The standard InChI is InChI=1S/C17H13Cl/c18-11-5-7-14-12-13-6-1-2-8-15(13)17-10-4-3-9-16(14)17/h1-10,12H,11H2/b7-5+.